The molecule has 0 N–H and O–H groups in total. The number of aryl methyl sites for hydroxylation is 1. The predicted octanol–water partition coefficient (Wildman–Crippen LogP) is 1.92. The first-order chi connectivity index (χ1) is 5.66. The first-order valence-electron chi connectivity index (χ1n) is 3.60. The van der Waals surface area contributed by atoms with Gasteiger partial charge in [0.1, 0.15) is 0 Å². The molecule has 1 rings (SSSR count). The number of Topliss-reactive ketones (excluding diaryl/α,β-unsaturated/α-hetero) is 1. The molecule has 0 spiro atoms. The first kappa shape index (κ1) is 8.59. The molecule has 1 aromatic rings. The highest BCUT2D eigenvalue weighted by Crippen LogP contribution is 2.18. The minimum Gasteiger partial charge on any atom is -0.294 e. The minimum atomic E-state index is -0.0250. The van der Waals surface area contributed by atoms with Crippen molar-refractivity contribution in [1.29, 1.82) is 0 Å². The monoisotopic (exact) mass is 162 g/mol. The zero-order valence-electron chi connectivity index (χ0n) is 7.16. The highest BCUT2D eigenvalue weighted by molar-refractivity contribution is 5.99. The molecular weight excluding hydrogens is 152 g/mol. The standard InChI is InChI=1S/C9H10N2O/c1-6-4-5-11-9(10-3)8(6)7(2)12/h4-5H,3H2,1-2H3. The van der Waals surface area contributed by atoms with Crippen LogP contribution in [0.5, 0.6) is 0 Å². The maximum atomic E-state index is 11.1. The summed E-state index contributed by atoms with van der Waals surface area (Å²) < 4.78 is 0. The summed E-state index contributed by atoms with van der Waals surface area (Å²) in [7, 11) is 0. The van der Waals surface area contributed by atoms with E-state index < -0.39 is 0 Å². The molecule has 0 atom stereocenters. The van der Waals surface area contributed by atoms with E-state index in [-0.39, 0.29) is 5.78 Å². The van der Waals surface area contributed by atoms with Crippen LogP contribution in [-0.2, 0) is 0 Å². The number of ketones is 1. The number of hydrogen-bond acceptors (Lipinski definition) is 3. The van der Waals surface area contributed by atoms with E-state index in [0.717, 1.165) is 5.56 Å². The Morgan fingerprint density at radius 1 is 1.67 bits per heavy atom. The SMILES string of the molecule is C=Nc1nccc(C)c1C(C)=O. The lowest BCUT2D eigenvalue weighted by atomic mass is 10.1. The van der Waals surface area contributed by atoms with Gasteiger partial charge < -0.3 is 0 Å². The third kappa shape index (κ3) is 1.39. The van der Waals surface area contributed by atoms with Crippen molar-refractivity contribution >= 4 is 18.3 Å². The number of carbonyl (C=O) groups is 1. The van der Waals surface area contributed by atoms with Crippen LogP contribution in [0.1, 0.15) is 22.8 Å². The van der Waals surface area contributed by atoms with Crippen LogP contribution >= 0.6 is 0 Å². The van der Waals surface area contributed by atoms with Gasteiger partial charge in [-0.3, -0.25) is 4.79 Å². The van der Waals surface area contributed by atoms with E-state index >= 15 is 0 Å². The van der Waals surface area contributed by atoms with Gasteiger partial charge in [-0.2, -0.15) is 0 Å². The van der Waals surface area contributed by atoms with Crippen molar-refractivity contribution in [1.82, 2.24) is 4.98 Å². The van der Waals surface area contributed by atoms with Gasteiger partial charge in [0, 0.05) is 6.20 Å². The van der Waals surface area contributed by atoms with Gasteiger partial charge in [-0.15, -0.1) is 0 Å². The Morgan fingerprint density at radius 3 is 2.75 bits per heavy atom. The van der Waals surface area contributed by atoms with E-state index in [4.69, 9.17) is 0 Å². The van der Waals surface area contributed by atoms with Crippen molar-refractivity contribution in [3.05, 3.63) is 23.4 Å². The zero-order chi connectivity index (χ0) is 9.14. The molecule has 12 heavy (non-hydrogen) atoms. The molecule has 0 aliphatic heterocycles. The van der Waals surface area contributed by atoms with Gasteiger partial charge in [-0.1, -0.05) is 0 Å². The summed E-state index contributed by atoms with van der Waals surface area (Å²) in [6, 6.07) is 1.78. The fraction of sp³-hybridized carbons (Fsp3) is 0.222. The molecule has 0 fully saturated rings. The molecule has 0 bridgehead atoms. The van der Waals surface area contributed by atoms with E-state index in [0.29, 0.717) is 11.4 Å². The van der Waals surface area contributed by atoms with Crippen LogP contribution in [-0.4, -0.2) is 17.5 Å². The van der Waals surface area contributed by atoms with Crippen LogP contribution in [0.4, 0.5) is 5.82 Å². The number of aromatic nitrogens is 1. The molecule has 0 unspecified atom stereocenters. The van der Waals surface area contributed by atoms with Gasteiger partial charge in [0.15, 0.2) is 11.6 Å². The second kappa shape index (κ2) is 3.26. The predicted molar refractivity (Wildman–Crippen MR) is 48.2 cm³/mol. The molecule has 1 aromatic heterocycles. The Kier molecular flexibility index (Phi) is 2.33. The Balaban J connectivity index is 3.39. The maximum absolute atomic E-state index is 11.1. The Hall–Kier alpha value is -1.51. The summed E-state index contributed by atoms with van der Waals surface area (Å²) in [5.74, 6) is 0.394. The summed E-state index contributed by atoms with van der Waals surface area (Å²) in [5.41, 5.74) is 1.45. The van der Waals surface area contributed by atoms with Gasteiger partial charge in [0.25, 0.3) is 0 Å². The van der Waals surface area contributed by atoms with Crippen LogP contribution in [0.25, 0.3) is 0 Å². The molecule has 3 heteroatoms. The topological polar surface area (TPSA) is 42.3 Å². The minimum absolute atomic E-state index is 0.0250. The second-order valence-electron chi connectivity index (χ2n) is 2.54. The molecule has 1 heterocycles. The average Bonchev–Trinajstić information content (AvgIpc) is 2.03. The lowest BCUT2D eigenvalue weighted by Crippen LogP contribution is -1.97. The van der Waals surface area contributed by atoms with E-state index in [9.17, 15) is 4.79 Å². The largest absolute Gasteiger partial charge is 0.294 e. The third-order valence-corrected chi connectivity index (χ3v) is 1.64. The van der Waals surface area contributed by atoms with Crippen LogP contribution in [0, 0.1) is 6.92 Å². The highest BCUT2D eigenvalue weighted by atomic mass is 16.1. The normalized spacial score (nSPS) is 9.50. The number of aliphatic imine (C=N–C) groups is 1. The van der Waals surface area contributed by atoms with Crippen LogP contribution in [0.15, 0.2) is 17.3 Å². The van der Waals surface area contributed by atoms with Crippen LogP contribution < -0.4 is 0 Å². The summed E-state index contributed by atoms with van der Waals surface area (Å²) in [5, 5.41) is 0. The first-order valence-corrected chi connectivity index (χ1v) is 3.60. The Labute approximate surface area is 71.2 Å². The molecule has 0 radical (unpaired) electrons. The second-order valence-corrected chi connectivity index (χ2v) is 2.54. The third-order valence-electron chi connectivity index (χ3n) is 1.64. The van der Waals surface area contributed by atoms with Gasteiger partial charge in [-0.05, 0) is 32.2 Å². The van der Waals surface area contributed by atoms with Gasteiger partial charge in [0.05, 0.1) is 5.56 Å². The Morgan fingerprint density at radius 2 is 2.33 bits per heavy atom. The lowest BCUT2D eigenvalue weighted by Gasteiger charge is -2.02. The number of rotatable bonds is 2. The van der Waals surface area contributed by atoms with E-state index in [2.05, 4.69) is 16.7 Å². The maximum Gasteiger partial charge on any atom is 0.163 e. The fourth-order valence-corrected chi connectivity index (χ4v) is 1.10. The molecule has 0 aromatic carbocycles. The number of pyridine rings is 1. The van der Waals surface area contributed by atoms with Crippen molar-refractivity contribution in [3.8, 4) is 0 Å². The quantitative estimate of drug-likeness (QED) is 0.492. The summed E-state index contributed by atoms with van der Waals surface area (Å²) in [4.78, 5) is 18.7. The van der Waals surface area contributed by atoms with Crippen molar-refractivity contribution in [2.45, 2.75) is 13.8 Å². The van der Waals surface area contributed by atoms with Crippen LogP contribution in [0.3, 0.4) is 0 Å². The molecular formula is C9H10N2O. The van der Waals surface area contributed by atoms with E-state index in [1.165, 1.54) is 6.92 Å². The van der Waals surface area contributed by atoms with E-state index in [1.807, 2.05) is 6.92 Å². The van der Waals surface area contributed by atoms with Gasteiger partial charge in [-0.25, -0.2) is 9.98 Å². The van der Waals surface area contributed by atoms with Gasteiger partial charge in [0.2, 0.25) is 0 Å². The summed E-state index contributed by atoms with van der Waals surface area (Å²) in [6.07, 6.45) is 1.62. The molecule has 0 saturated heterocycles. The van der Waals surface area contributed by atoms with Crippen molar-refractivity contribution in [2.24, 2.45) is 4.99 Å². The van der Waals surface area contributed by atoms with Crippen LogP contribution in [0.2, 0.25) is 0 Å². The smallest absolute Gasteiger partial charge is 0.163 e. The summed E-state index contributed by atoms with van der Waals surface area (Å²) in [6.45, 7) is 6.70. The number of carbonyl (C=O) groups excluding carboxylic acids is 1. The van der Waals surface area contributed by atoms with Crippen molar-refractivity contribution < 1.29 is 4.79 Å². The number of nitrogens with zero attached hydrogens (tertiary/aromatic N) is 2. The highest BCUT2D eigenvalue weighted by Gasteiger charge is 2.09. The number of hydrogen-bond donors (Lipinski definition) is 0. The van der Waals surface area contributed by atoms with Gasteiger partial charge >= 0.3 is 0 Å². The molecule has 62 valence electrons. The average molecular weight is 162 g/mol. The molecule has 0 saturated carbocycles. The molecule has 0 aliphatic rings. The fourth-order valence-electron chi connectivity index (χ4n) is 1.10. The molecule has 3 nitrogen and oxygen atoms in total. The molecule has 0 aliphatic carbocycles. The Bertz CT molecular complexity index is 331. The van der Waals surface area contributed by atoms with Crippen molar-refractivity contribution in [3.63, 3.8) is 0 Å². The lowest BCUT2D eigenvalue weighted by molar-refractivity contribution is 0.101. The summed E-state index contributed by atoms with van der Waals surface area (Å²) >= 11 is 0. The molecule has 0 amide bonds. The zero-order valence-corrected chi connectivity index (χ0v) is 7.16. The van der Waals surface area contributed by atoms with Crippen molar-refractivity contribution in [2.75, 3.05) is 0 Å². The van der Waals surface area contributed by atoms with E-state index in [1.54, 1.807) is 12.3 Å².